The van der Waals surface area contributed by atoms with E-state index in [4.69, 9.17) is 16.3 Å². The molecular weight excluding hydrogens is 499 g/mol. The van der Waals surface area contributed by atoms with Crippen LogP contribution >= 0.6 is 11.6 Å². The van der Waals surface area contributed by atoms with Gasteiger partial charge in [-0.3, -0.25) is 9.78 Å². The Morgan fingerprint density at radius 3 is 2.78 bits per heavy atom. The fourth-order valence-electron chi connectivity index (χ4n) is 5.00. The Hall–Kier alpha value is -3.43. The van der Waals surface area contributed by atoms with E-state index in [1.54, 1.807) is 18.2 Å². The molecule has 3 aromatic rings. The summed E-state index contributed by atoms with van der Waals surface area (Å²) < 4.78 is 46.2. The zero-order valence-electron chi connectivity index (χ0n) is 19.2. The summed E-state index contributed by atoms with van der Waals surface area (Å²) >= 11 is 6.22. The minimum Gasteiger partial charge on any atom is -0.379 e. The summed E-state index contributed by atoms with van der Waals surface area (Å²) in [5, 5.41) is 17.9. The molecule has 2 aliphatic heterocycles. The molecule has 5 rings (SSSR count). The number of nitriles is 1. The number of nitrogens with zero attached hydrogens (tertiary/aromatic N) is 7. The highest BCUT2D eigenvalue weighted by molar-refractivity contribution is 6.31. The summed E-state index contributed by atoms with van der Waals surface area (Å²) in [7, 11) is 1.52. The van der Waals surface area contributed by atoms with Crippen molar-refractivity contribution >= 4 is 34.1 Å². The highest BCUT2D eigenvalue weighted by Gasteiger charge is 2.42. The Bertz CT molecular complexity index is 1370. The number of methoxy groups -OCH3 is 1. The largest absolute Gasteiger partial charge is 0.451 e. The maximum Gasteiger partial charge on any atom is 0.451 e. The second kappa shape index (κ2) is 9.22. The van der Waals surface area contributed by atoms with Crippen LogP contribution in [0.5, 0.6) is 0 Å². The molecule has 0 N–H and O–H groups in total. The monoisotopic (exact) mass is 519 g/mol. The Labute approximate surface area is 209 Å². The predicted octanol–water partition coefficient (Wildman–Crippen LogP) is 3.25. The van der Waals surface area contributed by atoms with Gasteiger partial charge in [-0.15, -0.1) is 10.2 Å². The van der Waals surface area contributed by atoms with E-state index >= 15 is 0 Å². The smallest absolute Gasteiger partial charge is 0.379 e. The molecule has 9 nitrogen and oxygen atoms in total. The molecule has 1 saturated heterocycles. The van der Waals surface area contributed by atoms with Gasteiger partial charge < -0.3 is 19.1 Å². The van der Waals surface area contributed by atoms with Gasteiger partial charge in [-0.1, -0.05) is 11.6 Å². The molecule has 4 heterocycles. The van der Waals surface area contributed by atoms with Crippen molar-refractivity contribution in [2.75, 3.05) is 31.6 Å². The van der Waals surface area contributed by atoms with Crippen LogP contribution in [-0.2, 0) is 28.8 Å². The molecule has 0 bridgehead atoms. The van der Waals surface area contributed by atoms with Crippen LogP contribution in [0.2, 0.25) is 5.02 Å². The van der Waals surface area contributed by atoms with E-state index < -0.39 is 24.0 Å². The van der Waals surface area contributed by atoms with Crippen LogP contribution in [0.1, 0.15) is 23.6 Å². The van der Waals surface area contributed by atoms with Crippen LogP contribution < -0.4 is 4.90 Å². The second-order valence-corrected chi connectivity index (χ2v) is 9.19. The van der Waals surface area contributed by atoms with Crippen molar-refractivity contribution in [1.29, 1.82) is 5.26 Å². The zero-order chi connectivity index (χ0) is 25.6. The maximum atomic E-state index is 13.4. The van der Waals surface area contributed by atoms with Crippen molar-refractivity contribution in [1.82, 2.24) is 24.6 Å². The molecular formula is C23H21ClF3N7O2. The summed E-state index contributed by atoms with van der Waals surface area (Å²) in [6.45, 7) is 0.850. The molecule has 0 radical (unpaired) electrons. The van der Waals surface area contributed by atoms with Gasteiger partial charge in [0.05, 0.1) is 35.3 Å². The number of carbonyl (C=O) groups is 1. The number of amides is 1. The molecule has 2 atom stereocenters. The topological polar surface area (TPSA) is 100 Å². The van der Waals surface area contributed by atoms with Gasteiger partial charge in [-0.05, 0) is 24.6 Å². The number of alkyl halides is 3. The first kappa shape index (κ1) is 24.3. The van der Waals surface area contributed by atoms with Crippen LogP contribution in [-0.4, -0.2) is 63.4 Å². The number of fused-ring (bicyclic) bond motifs is 2. The van der Waals surface area contributed by atoms with Gasteiger partial charge in [-0.25, -0.2) is 0 Å². The van der Waals surface area contributed by atoms with E-state index in [0.717, 1.165) is 9.95 Å². The van der Waals surface area contributed by atoms with Crippen LogP contribution in [0, 0.1) is 17.2 Å². The van der Waals surface area contributed by atoms with Crippen molar-refractivity contribution < 1.29 is 22.7 Å². The third-order valence-electron chi connectivity index (χ3n) is 6.74. The van der Waals surface area contributed by atoms with Gasteiger partial charge in [0.1, 0.15) is 6.07 Å². The van der Waals surface area contributed by atoms with Gasteiger partial charge >= 0.3 is 6.18 Å². The van der Waals surface area contributed by atoms with E-state index in [1.165, 1.54) is 18.2 Å². The number of hydrogen-bond donors (Lipinski definition) is 0. The first-order valence-electron chi connectivity index (χ1n) is 11.3. The Morgan fingerprint density at radius 1 is 1.25 bits per heavy atom. The zero-order valence-corrected chi connectivity index (χ0v) is 19.9. The average molecular weight is 520 g/mol. The normalized spacial score (nSPS) is 20.3. The summed E-state index contributed by atoms with van der Waals surface area (Å²) in [6, 6.07) is 7.46. The van der Waals surface area contributed by atoms with E-state index in [2.05, 4.69) is 21.3 Å². The van der Waals surface area contributed by atoms with Gasteiger partial charge in [0.25, 0.3) is 0 Å². The first-order chi connectivity index (χ1) is 17.2. The number of rotatable bonds is 3. The second-order valence-electron chi connectivity index (χ2n) is 8.76. The molecule has 0 spiro atoms. The lowest BCUT2D eigenvalue weighted by atomic mass is 9.91. The fraction of sp³-hybridized carbons (Fsp3) is 0.435. The highest BCUT2D eigenvalue weighted by Crippen LogP contribution is 2.35. The molecule has 1 fully saturated rings. The lowest BCUT2D eigenvalue weighted by Gasteiger charge is -2.41. The van der Waals surface area contributed by atoms with Gasteiger partial charge in [0, 0.05) is 49.9 Å². The molecule has 13 heteroatoms. The molecule has 0 saturated carbocycles. The average Bonchev–Trinajstić information content (AvgIpc) is 3.31. The van der Waals surface area contributed by atoms with E-state index in [1.807, 2.05) is 4.90 Å². The minimum atomic E-state index is -4.60. The van der Waals surface area contributed by atoms with Crippen molar-refractivity contribution in [2.24, 2.45) is 5.92 Å². The summed E-state index contributed by atoms with van der Waals surface area (Å²) in [4.78, 5) is 21.3. The number of benzene rings is 1. The Morgan fingerprint density at radius 2 is 2.06 bits per heavy atom. The molecule has 36 heavy (non-hydrogen) atoms. The molecule has 188 valence electrons. The number of piperidine rings is 1. The maximum absolute atomic E-state index is 13.4. The number of halogens is 4. The quantitative estimate of drug-likeness (QED) is 0.523. The number of hydrogen-bond acceptors (Lipinski definition) is 7. The highest BCUT2D eigenvalue weighted by atomic mass is 35.5. The van der Waals surface area contributed by atoms with Crippen LogP contribution in [0.3, 0.4) is 0 Å². The molecule has 1 aromatic carbocycles. The molecule has 2 aliphatic rings. The van der Waals surface area contributed by atoms with Crippen molar-refractivity contribution in [3.8, 4) is 6.07 Å². The fourth-order valence-corrected chi connectivity index (χ4v) is 5.18. The van der Waals surface area contributed by atoms with Crippen LogP contribution in [0.15, 0.2) is 24.4 Å². The third-order valence-corrected chi connectivity index (χ3v) is 6.97. The van der Waals surface area contributed by atoms with Crippen molar-refractivity contribution in [3.63, 3.8) is 0 Å². The number of anilines is 1. The SMILES string of the molecule is COC1CN(c2c(C#N)cnc3ccc(Cl)cc23)CCC1C(=O)N1CCn2c(nnc2C(F)(F)F)C1. The molecule has 2 unspecified atom stereocenters. The van der Waals surface area contributed by atoms with Crippen molar-refractivity contribution in [2.45, 2.75) is 31.8 Å². The van der Waals surface area contributed by atoms with Gasteiger partial charge in [0.15, 0.2) is 5.82 Å². The summed E-state index contributed by atoms with van der Waals surface area (Å²) in [6.07, 6.45) is -3.15. The lowest BCUT2D eigenvalue weighted by Crippen LogP contribution is -2.52. The van der Waals surface area contributed by atoms with E-state index in [-0.39, 0.29) is 31.4 Å². The number of pyridine rings is 1. The lowest BCUT2D eigenvalue weighted by molar-refractivity contribution is -0.148. The molecule has 2 aromatic heterocycles. The standard InChI is InChI=1S/C23H21ClF3N7O2/c1-36-18-11-32(20-13(9-28)10-29-17-3-2-14(24)8-16(17)20)5-4-15(18)21(35)33-6-7-34-19(12-33)30-31-22(34)23(25,26)27/h2-3,8,10,15,18H,4-7,11-12H2,1H3. The summed E-state index contributed by atoms with van der Waals surface area (Å²) in [5.41, 5.74) is 1.76. The van der Waals surface area contributed by atoms with Crippen LogP contribution in [0.25, 0.3) is 10.9 Å². The van der Waals surface area contributed by atoms with Gasteiger partial charge in [-0.2, -0.15) is 18.4 Å². The van der Waals surface area contributed by atoms with E-state index in [0.29, 0.717) is 41.3 Å². The first-order valence-corrected chi connectivity index (χ1v) is 11.6. The van der Waals surface area contributed by atoms with Gasteiger partial charge in [0.2, 0.25) is 11.7 Å². The predicted molar refractivity (Wildman–Crippen MR) is 123 cm³/mol. The van der Waals surface area contributed by atoms with E-state index in [9.17, 15) is 23.2 Å². The molecule has 1 amide bonds. The number of ether oxygens (including phenoxy) is 1. The van der Waals surface area contributed by atoms with Crippen molar-refractivity contribution in [3.05, 3.63) is 46.6 Å². The Kier molecular flexibility index (Phi) is 6.22. The van der Waals surface area contributed by atoms with Crippen LogP contribution in [0.4, 0.5) is 18.9 Å². The summed E-state index contributed by atoms with van der Waals surface area (Å²) in [5.74, 6) is -1.64. The number of aromatic nitrogens is 4. The minimum absolute atomic E-state index is 0.0330. The molecule has 0 aliphatic carbocycles. The Balaban J connectivity index is 1.37. The third kappa shape index (κ3) is 4.22. The number of carbonyl (C=O) groups excluding carboxylic acids is 1.